The van der Waals surface area contributed by atoms with Crippen molar-refractivity contribution in [3.63, 3.8) is 0 Å². The molecule has 0 aliphatic rings. The van der Waals surface area contributed by atoms with E-state index in [1.54, 1.807) is 18.2 Å². The number of halogens is 4. The van der Waals surface area contributed by atoms with E-state index in [1.807, 2.05) is 0 Å². The lowest BCUT2D eigenvalue weighted by Crippen LogP contribution is -2.20. The highest BCUT2D eigenvalue weighted by molar-refractivity contribution is 7.77. The number of carbonyl (C=O) groups is 1. The lowest BCUT2D eigenvalue weighted by Gasteiger charge is -2.12. The normalized spacial score (nSPS) is 12.4. The number of hydrogen-bond donors (Lipinski definition) is 4. The Morgan fingerprint density at radius 3 is 2.44 bits per heavy atom. The van der Waals surface area contributed by atoms with Gasteiger partial charge in [-0.2, -0.15) is 13.2 Å². The Kier molecular flexibility index (Phi) is 7.19. The highest BCUT2D eigenvalue weighted by Gasteiger charge is 2.31. The molecule has 2 amide bonds. The fraction of sp³-hybridized carbons (Fsp3) is 0.0909. The van der Waals surface area contributed by atoms with Crippen molar-refractivity contribution in [3.05, 3.63) is 77.9 Å². The quantitative estimate of drug-likeness (QED) is 0.200. The lowest BCUT2D eigenvalue weighted by atomic mass is 10.2. The number of nitrogens with one attached hydrogen (secondary N) is 4. The molecule has 1 atom stereocenters. The van der Waals surface area contributed by atoms with Gasteiger partial charge in [0.15, 0.2) is 0 Å². The van der Waals surface area contributed by atoms with Crippen molar-refractivity contribution >= 4 is 39.7 Å². The number of aromatic amines is 1. The lowest BCUT2D eigenvalue weighted by molar-refractivity contribution is -0.137. The number of ether oxygens (including phenoxy) is 1. The van der Waals surface area contributed by atoms with Crippen molar-refractivity contribution < 1.29 is 35.9 Å². The minimum Gasteiger partial charge on any atom is -0.760 e. The molecule has 1 unspecified atom stereocenters. The van der Waals surface area contributed by atoms with Crippen LogP contribution >= 0.6 is 0 Å². The summed E-state index contributed by atoms with van der Waals surface area (Å²) in [6, 6.07) is 11.8. The van der Waals surface area contributed by atoms with Crippen LogP contribution in [0.3, 0.4) is 0 Å². The molecule has 0 aliphatic heterocycles. The first-order chi connectivity index (χ1) is 17.1. The summed E-state index contributed by atoms with van der Waals surface area (Å²) in [6.45, 7) is 0.00340. The number of nitrogens with zero attached hydrogens (tertiary/aromatic N) is 1. The van der Waals surface area contributed by atoms with Gasteiger partial charge in [0.05, 0.1) is 28.8 Å². The average Bonchev–Trinajstić information content (AvgIpc) is 3.22. The number of anilines is 2. The van der Waals surface area contributed by atoms with E-state index in [9.17, 15) is 31.1 Å². The van der Waals surface area contributed by atoms with Crippen molar-refractivity contribution in [1.82, 2.24) is 14.7 Å². The first kappa shape index (κ1) is 25.1. The maximum atomic E-state index is 13.8. The van der Waals surface area contributed by atoms with Crippen LogP contribution < -0.4 is 20.1 Å². The van der Waals surface area contributed by atoms with Gasteiger partial charge in [0.1, 0.15) is 23.1 Å². The number of benzene rings is 3. The second kappa shape index (κ2) is 10.3. The molecule has 9 nitrogen and oxygen atoms in total. The van der Waals surface area contributed by atoms with Gasteiger partial charge in [-0.15, -0.1) is 0 Å². The number of urea groups is 1. The molecular weight excluding hydrogens is 506 g/mol. The molecule has 14 heteroatoms. The van der Waals surface area contributed by atoms with Gasteiger partial charge < -0.3 is 24.9 Å². The Hall–Kier alpha value is -4.01. The second-order valence-electron chi connectivity index (χ2n) is 7.32. The predicted octanol–water partition coefficient (Wildman–Crippen LogP) is 5.04. The van der Waals surface area contributed by atoms with E-state index in [2.05, 4.69) is 25.3 Å². The van der Waals surface area contributed by atoms with Crippen LogP contribution in [-0.4, -0.2) is 24.8 Å². The van der Waals surface area contributed by atoms with Crippen LogP contribution in [0.2, 0.25) is 0 Å². The first-order valence-corrected chi connectivity index (χ1v) is 11.2. The molecule has 0 saturated heterocycles. The minimum absolute atomic E-state index is 0.00340. The zero-order chi connectivity index (χ0) is 25.9. The molecule has 3 aromatic carbocycles. The van der Waals surface area contributed by atoms with Crippen molar-refractivity contribution in [2.75, 3.05) is 10.6 Å². The molecule has 0 aliphatic carbocycles. The molecule has 0 spiro atoms. The fourth-order valence-corrected chi connectivity index (χ4v) is 3.40. The molecule has 4 aromatic rings. The molecule has 1 aromatic heterocycles. The molecule has 1 heterocycles. The van der Waals surface area contributed by atoms with E-state index in [1.165, 1.54) is 24.3 Å². The summed E-state index contributed by atoms with van der Waals surface area (Å²) in [5.74, 6) is 0.272. The first-order valence-electron chi connectivity index (χ1n) is 10.1. The van der Waals surface area contributed by atoms with Crippen LogP contribution in [0.15, 0.2) is 60.7 Å². The van der Waals surface area contributed by atoms with Crippen LogP contribution in [0.1, 0.15) is 11.4 Å². The average molecular weight is 522 g/mol. The van der Waals surface area contributed by atoms with E-state index in [4.69, 9.17) is 4.74 Å². The van der Waals surface area contributed by atoms with Crippen molar-refractivity contribution in [3.8, 4) is 11.5 Å². The van der Waals surface area contributed by atoms with E-state index < -0.39 is 40.5 Å². The highest BCUT2D eigenvalue weighted by atomic mass is 32.2. The van der Waals surface area contributed by atoms with Crippen molar-refractivity contribution in [2.45, 2.75) is 12.7 Å². The van der Waals surface area contributed by atoms with Crippen molar-refractivity contribution in [1.29, 1.82) is 0 Å². The van der Waals surface area contributed by atoms with Crippen LogP contribution in [-0.2, 0) is 24.0 Å². The van der Waals surface area contributed by atoms with E-state index in [0.29, 0.717) is 46.6 Å². The Labute approximate surface area is 203 Å². The Bertz CT molecular complexity index is 1430. The predicted molar refractivity (Wildman–Crippen MR) is 122 cm³/mol. The number of carbonyl (C=O) groups excluding carboxylic acids is 1. The minimum atomic E-state index is -4.68. The molecule has 0 saturated carbocycles. The van der Waals surface area contributed by atoms with Gasteiger partial charge in [0.25, 0.3) is 0 Å². The maximum Gasteiger partial charge on any atom is 0.416 e. The summed E-state index contributed by atoms with van der Waals surface area (Å²) in [7, 11) is 0. The molecule has 4 N–H and O–H groups in total. The summed E-state index contributed by atoms with van der Waals surface area (Å²) in [5.41, 5.74) is -0.196. The molecule has 0 radical (unpaired) electrons. The van der Waals surface area contributed by atoms with Crippen LogP contribution in [0, 0.1) is 5.82 Å². The number of amides is 2. The third-order valence-electron chi connectivity index (χ3n) is 4.75. The summed E-state index contributed by atoms with van der Waals surface area (Å²) in [6.07, 6.45) is -4.68. The number of alkyl halides is 3. The number of aromatic nitrogens is 2. The highest BCUT2D eigenvalue weighted by Crippen LogP contribution is 2.32. The van der Waals surface area contributed by atoms with E-state index in [0.717, 1.165) is 0 Å². The molecular formula is C22H16F4N5O4S-. The van der Waals surface area contributed by atoms with Crippen LogP contribution in [0.5, 0.6) is 11.5 Å². The fourth-order valence-electron chi connectivity index (χ4n) is 3.14. The molecule has 188 valence electrons. The Morgan fingerprint density at radius 1 is 1.03 bits per heavy atom. The Morgan fingerprint density at radius 2 is 1.75 bits per heavy atom. The molecule has 0 fully saturated rings. The molecule has 36 heavy (non-hydrogen) atoms. The third-order valence-corrected chi connectivity index (χ3v) is 5.13. The van der Waals surface area contributed by atoms with Gasteiger partial charge >= 0.3 is 12.2 Å². The summed E-state index contributed by atoms with van der Waals surface area (Å²) in [5, 5.41) is 4.45. The standard InChI is InChI=1S/C22H17F4N5O4S/c23-16-7-1-12(22(24,25)26)9-18(16)31-21(32)28-13-2-4-14(5-3-13)35-15-6-8-17-19(10-15)30-20(29-17)11-27-36(33)34/h1-10,27H,11H2,(H,29,30)(H,33,34)(H2,28,31,32)/p-1. The summed E-state index contributed by atoms with van der Waals surface area (Å²) < 4.78 is 81.5. The van der Waals surface area contributed by atoms with Gasteiger partial charge in [-0.3, -0.25) is 4.21 Å². The molecule has 4 rings (SSSR count). The number of rotatable bonds is 7. The second-order valence-corrected chi connectivity index (χ2v) is 8.07. The van der Waals surface area contributed by atoms with Gasteiger partial charge in [-0.05, 0) is 54.6 Å². The van der Waals surface area contributed by atoms with Crippen LogP contribution in [0.25, 0.3) is 11.0 Å². The number of H-pyrrole nitrogens is 1. The monoisotopic (exact) mass is 522 g/mol. The van der Waals surface area contributed by atoms with E-state index in [-0.39, 0.29) is 12.2 Å². The van der Waals surface area contributed by atoms with Crippen molar-refractivity contribution in [2.24, 2.45) is 0 Å². The van der Waals surface area contributed by atoms with Crippen LogP contribution in [0.4, 0.5) is 33.7 Å². The smallest absolute Gasteiger partial charge is 0.416 e. The maximum absolute atomic E-state index is 13.8. The van der Waals surface area contributed by atoms with Gasteiger partial charge in [0.2, 0.25) is 0 Å². The molecule has 0 bridgehead atoms. The van der Waals surface area contributed by atoms with Gasteiger partial charge in [-0.25, -0.2) is 18.9 Å². The SMILES string of the molecule is O=C(Nc1ccc(Oc2ccc3nc(CNS(=O)[O-])[nH]c3c2)cc1)Nc1cc(C(F)(F)F)ccc1F. The zero-order valence-electron chi connectivity index (χ0n) is 18.0. The van der Waals surface area contributed by atoms with Gasteiger partial charge in [0, 0.05) is 23.0 Å². The topological polar surface area (TPSA) is 131 Å². The Balaban J connectivity index is 1.38. The third kappa shape index (κ3) is 6.35. The summed E-state index contributed by atoms with van der Waals surface area (Å²) >= 11 is -2.41. The number of fused-ring (bicyclic) bond motifs is 1. The van der Waals surface area contributed by atoms with Gasteiger partial charge in [-0.1, -0.05) is 0 Å². The number of imidazole rings is 1. The summed E-state index contributed by atoms with van der Waals surface area (Å²) in [4.78, 5) is 19.4. The number of hydrogen-bond acceptors (Lipinski definition) is 5. The van der Waals surface area contributed by atoms with E-state index >= 15 is 0 Å². The zero-order valence-corrected chi connectivity index (χ0v) is 18.8. The largest absolute Gasteiger partial charge is 0.760 e.